The summed E-state index contributed by atoms with van der Waals surface area (Å²) in [7, 11) is 3.81. The number of rotatable bonds is 8. The first kappa shape index (κ1) is 20.3. The van der Waals surface area contributed by atoms with Crippen LogP contribution in [0.1, 0.15) is 28.6 Å². The van der Waals surface area contributed by atoms with Gasteiger partial charge in [0, 0.05) is 18.7 Å². The summed E-state index contributed by atoms with van der Waals surface area (Å²) in [6.07, 6.45) is 1.95. The van der Waals surface area contributed by atoms with Crippen molar-refractivity contribution in [1.82, 2.24) is 9.80 Å². The monoisotopic (exact) mass is 399 g/mol. The number of hydrogen-bond donors (Lipinski definition) is 1. The third kappa shape index (κ3) is 4.04. The lowest BCUT2D eigenvalue weighted by atomic mass is 9.95. The second-order valence-corrected chi connectivity index (χ2v) is 6.98. The van der Waals surface area contributed by atoms with Gasteiger partial charge in [-0.15, -0.1) is 0 Å². The first-order valence-corrected chi connectivity index (χ1v) is 9.02. The molecule has 29 heavy (non-hydrogen) atoms. The molecule has 0 saturated heterocycles. The normalized spacial score (nSPS) is 16.7. The number of carbonyl (C=O) groups excluding carboxylic acids is 2. The van der Waals surface area contributed by atoms with Crippen LogP contribution in [0, 0.1) is 10.1 Å². The van der Waals surface area contributed by atoms with Gasteiger partial charge in [0.2, 0.25) is 5.78 Å². The Bertz CT molecular complexity index is 947. The van der Waals surface area contributed by atoms with Crippen LogP contribution in [0.25, 0.3) is 0 Å². The van der Waals surface area contributed by atoms with Crippen molar-refractivity contribution in [2.24, 2.45) is 0 Å². The van der Waals surface area contributed by atoms with Gasteiger partial charge in [-0.1, -0.05) is 0 Å². The molecule has 9 nitrogen and oxygen atoms in total. The van der Waals surface area contributed by atoms with E-state index in [0.29, 0.717) is 25.1 Å². The molecule has 1 aromatic carbocycles. The number of aliphatic hydroxyl groups is 1. The number of Topliss-reactive ketones (excluding diaryl/α,β-unsaturated/α-hetero) is 1. The largest absolute Gasteiger partial charge is 0.503 e. The Morgan fingerprint density at radius 1 is 1.28 bits per heavy atom. The Labute approximate surface area is 167 Å². The van der Waals surface area contributed by atoms with E-state index in [9.17, 15) is 24.8 Å². The van der Waals surface area contributed by atoms with Crippen LogP contribution in [0.2, 0.25) is 0 Å². The topological polar surface area (TPSA) is 117 Å². The number of non-ortho nitro benzene ring substituents is 1. The maximum Gasteiger partial charge on any atom is 0.290 e. The van der Waals surface area contributed by atoms with Crippen molar-refractivity contribution >= 4 is 17.4 Å². The Morgan fingerprint density at radius 3 is 2.52 bits per heavy atom. The van der Waals surface area contributed by atoms with Crippen molar-refractivity contribution in [2.45, 2.75) is 12.5 Å². The molecule has 0 spiro atoms. The van der Waals surface area contributed by atoms with Crippen LogP contribution in [0.15, 0.2) is 58.4 Å². The van der Waals surface area contributed by atoms with Crippen LogP contribution in [0.3, 0.4) is 0 Å². The van der Waals surface area contributed by atoms with Crippen molar-refractivity contribution in [3.05, 3.63) is 75.4 Å². The van der Waals surface area contributed by atoms with Gasteiger partial charge in [0.1, 0.15) is 0 Å². The molecule has 1 aromatic heterocycles. The number of nitro benzene ring substituents is 1. The van der Waals surface area contributed by atoms with Crippen LogP contribution in [-0.4, -0.2) is 58.7 Å². The van der Waals surface area contributed by atoms with Gasteiger partial charge in [-0.25, -0.2) is 0 Å². The van der Waals surface area contributed by atoms with Gasteiger partial charge in [-0.05, 0) is 56.9 Å². The molecule has 0 bridgehead atoms. The molecule has 2 heterocycles. The van der Waals surface area contributed by atoms with Gasteiger partial charge in [-0.3, -0.25) is 19.7 Å². The van der Waals surface area contributed by atoms with E-state index in [1.54, 1.807) is 0 Å². The summed E-state index contributed by atoms with van der Waals surface area (Å²) < 4.78 is 5.15. The summed E-state index contributed by atoms with van der Waals surface area (Å²) >= 11 is 0. The average molecular weight is 399 g/mol. The molecular formula is C20H21N3O6. The lowest BCUT2D eigenvalue weighted by Gasteiger charge is -2.27. The number of carbonyl (C=O) groups is 2. The minimum absolute atomic E-state index is 0.00130. The van der Waals surface area contributed by atoms with E-state index in [1.807, 2.05) is 19.0 Å². The molecule has 2 aromatic rings. The number of hydrogen-bond acceptors (Lipinski definition) is 7. The minimum Gasteiger partial charge on any atom is -0.503 e. The molecule has 0 fully saturated rings. The summed E-state index contributed by atoms with van der Waals surface area (Å²) in [6, 6.07) is 7.73. The SMILES string of the molecule is CN(C)CCCN1C(=O)C(O)=C(C(=O)c2ccco2)C1c1ccc([N+](=O)[O-])cc1. The summed E-state index contributed by atoms with van der Waals surface area (Å²) in [5, 5.41) is 21.4. The predicted octanol–water partition coefficient (Wildman–Crippen LogP) is 2.72. The molecule has 1 N–H and O–H groups in total. The standard InChI is InChI=1S/C20H21N3O6/c1-21(2)10-4-11-22-17(13-6-8-14(9-7-13)23(27)28)16(19(25)20(22)26)18(24)15-5-3-12-29-15/h3,5-9,12,17,25H,4,10-11H2,1-2H3. The van der Waals surface area contributed by atoms with E-state index in [0.717, 1.165) is 0 Å². The molecule has 1 aliphatic heterocycles. The zero-order chi connectivity index (χ0) is 21.1. The molecule has 9 heteroatoms. The molecule has 152 valence electrons. The number of aliphatic hydroxyl groups excluding tert-OH is 1. The summed E-state index contributed by atoms with van der Waals surface area (Å²) in [5.41, 5.74) is 0.292. The van der Waals surface area contributed by atoms with Gasteiger partial charge in [0.25, 0.3) is 11.6 Å². The Balaban J connectivity index is 2.00. The van der Waals surface area contributed by atoms with E-state index in [2.05, 4.69) is 0 Å². The molecule has 3 rings (SSSR count). The van der Waals surface area contributed by atoms with Crippen molar-refractivity contribution in [3.63, 3.8) is 0 Å². The van der Waals surface area contributed by atoms with Crippen molar-refractivity contribution < 1.29 is 24.0 Å². The fraction of sp³-hybridized carbons (Fsp3) is 0.300. The highest BCUT2D eigenvalue weighted by molar-refractivity contribution is 6.15. The zero-order valence-corrected chi connectivity index (χ0v) is 16.1. The van der Waals surface area contributed by atoms with Gasteiger partial charge >= 0.3 is 0 Å². The second-order valence-electron chi connectivity index (χ2n) is 6.98. The van der Waals surface area contributed by atoms with Crippen LogP contribution < -0.4 is 0 Å². The van der Waals surface area contributed by atoms with E-state index in [-0.39, 0.29) is 17.0 Å². The molecule has 0 radical (unpaired) electrons. The highest BCUT2D eigenvalue weighted by Crippen LogP contribution is 2.39. The highest BCUT2D eigenvalue weighted by Gasteiger charge is 2.44. The van der Waals surface area contributed by atoms with Gasteiger partial charge in [-0.2, -0.15) is 0 Å². The fourth-order valence-corrected chi connectivity index (χ4v) is 3.34. The Hall–Kier alpha value is -3.46. The maximum absolute atomic E-state index is 12.9. The summed E-state index contributed by atoms with van der Waals surface area (Å²) in [4.78, 5) is 39.5. The zero-order valence-electron chi connectivity index (χ0n) is 16.1. The van der Waals surface area contributed by atoms with Crippen molar-refractivity contribution in [1.29, 1.82) is 0 Å². The van der Waals surface area contributed by atoms with Crippen molar-refractivity contribution in [2.75, 3.05) is 27.2 Å². The van der Waals surface area contributed by atoms with Crippen LogP contribution >= 0.6 is 0 Å². The van der Waals surface area contributed by atoms with E-state index in [4.69, 9.17) is 4.42 Å². The van der Waals surface area contributed by atoms with Crippen LogP contribution in [-0.2, 0) is 4.79 Å². The molecule has 1 aliphatic rings. The molecule has 1 amide bonds. The molecule has 1 unspecified atom stereocenters. The lowest BCUT2D eigenvalue weighted by Crippen LogP contribution is -2.33. The second kappa shape index (κ2) is 8.27. The number of ketones is 1. The third-order valence-electron chi connectivity index (χ3n) is 4.72. The number of nitro groups is 1. The van der Waals surface area contributed by atoms with E-state index in [1.165, 1.54) is 47.6 Å². The Kier molecular flexibility index (Phi) is 5.79. The van der Waals surface area contributed by atoms with Crippen LogP contribution in [0.5, 0.6) is 0 Å². The smallest absolute Gasteiger partial charge is 0.290 e. The molecule has 0 saturated carbocycles. The van der Waals surface area contributed by atoms with Gasteiger partial charge in [0.15, 0.2) is 11.5 Å². The number of nitrogens with zero attached hydrogens (tertiary/aromatic N) is 3. The number of furan rings is 1. The molecule has 0 aliphatic carbocycles. The van der Waals surface area contributed by atoms with Crippen molar-refractivity contribution in [3.8, 4) is 0 Å². The Morgan fingerprint density at radius 2 is 1.97 bits per heavy atom. The first-order valence-electron chi connectivity index (χ1n) is 9.02. The molecular weight excluding hydrogens is 378 g/mol. The maximum atomic E-state index is 12.9. The van der Waals surface area contributed by atoms with E-state index < -0.39 is 28.4 Å². The fourth-order valence-electron chi connectivity index (χ4n) is 3.34. The highest BCUT2D eigenvalue weighted by atomic mass is 16.6. The third-order valence-corrected chi connectivity index (χ3v) is 4.72. The van der Waals surface area contributed by atoms with Crippen LogP contribution in [0.4, 0.5) is 5.69 Å². The van der Waals surface area contributed by atoms with E-state index >= 15 is 0 Å². The molecule has 1 atom stereocenters. The summed E-state index contributed by atoms with van der Waals surface area (Å²) in [5.74, 6) is -1.87. The minimum atomic E-state index is -0.858. The quantitative estimate of drug-likeness (QED) is 0.412. The first-order chi connectivity index (χ1) is 13.8. The summed E-state index contributed by atoms with van der Waals surface area (Å²) in [6.45, 7) is 1.01. The predicted molar refractivity (Wildman–Crippen MR) is 103 cm³/mol. The average Bonchev–Trinajstić information content (AvgIpc) is 3.30. The number of benzene rings is 1. The number of amides is 1. The van der Waals surface area contributed by atoms with Gasteiger partial charge < -0.3 is 19.3 Å². The van der Waals surface area contributed by atoms with Gasteiger partial charge in [0.05, 0.1) is 22.8 Å². The lowest BCUT2D eigenvalue weighted by molar-refractivity contribution is -0.384.